The molecule has 4 aromatic rings. The number of amides is 1. The molecule has 1 aliphatic rings. The number of ether oxygens (including phenoxy) is 2. The van der Waals surface area contributed by atoms with E-state index in [1.165, 1.54) is 11.8 Å². The second-order valence-electron chi connectivity index (χ2n) is 7.39. The molecule has 0 radical (unpaired) electrons. The van der Waals surface area contributed by atoms with E-state index in [2.05, 4.69) is 20.5 Å². The summed E-state index contributed by atoms with van der Waals surface area (Å²) < 4.78 is 13.0. The number of rotatable bonds is 6. The fourth-order valence-corrected chi connectivity index (χ4v) is 4.15. The summed E-state index contributed by atoms with van der Waals surface area (Å²) in [6, 6.07) is 19.1. The predicted molar refractivity (Wildman–Crippen MR) is 126 cm³/mol. The van der Waals surface area contributed by atoms with Crippen LogP contribution in [0.3, 0.4) is 0 Å². The number of pyridine rings is 1. The molecule has 2 aromatic heterocycles. The summed E-state index contributed by atoms with van der Waals surface area (Å²) in [4.78, 5) is 17.1. The maximum absolute atomic E-state index is 12.6. The maximum atomic E-state index is 12.6. The highest BCUT2D eigenvalue weighted by molar-refractivity contribution is 7.99. The third-order valence-electron chi connectivity index (χ3n) is 4.98. The smallest absolute Gasteiger partial charge is 0.234 e. The zero-order chi connectivity index (χ0) is 22.6. The number of thioether (sulfide) groups is 1. The van der Waals surface area contributed by atoms with Gasteiger partial charge in [-0.3, -0.25) is 14.3 Å². The van der Waals surface area contributed by atoms with Gasteiger partial charge >= 0.3 is 0 Å². The molecule has 1 aliphatic heterocycles. The summed E-state index contributed by atoms with van der Waals surface area (Å²) in [6.07, 6.45) is 1.72. The van der Waals surface area contributed by atoms with Gasteiger partial charge in [0.15, 0.2) is 22.5 Å². The van der Waals surface area contributed by atoms with Crippen molar-refractivity contribution in [2.24, 2.45) is 0 Å². The number of carbonyl (C=O) groups is 1. The molecule has 1 amide bonds. The zero-order valence-corrected chi connectivity index (χ0v) is 18.7. The van der Waals surface area contributed by atoms with Crippen molar-refractivity contribution in [3.8, 4) is 28.7 Å². The minimum atomic E-state index is -0.158. The quantitative estimate of drug-likeness (QED) is 0.433. The van der Waals surface area contributed by atoms with Crippen molar-refractivity contribution in [3.63, 3.8) is 0 Å². The van der Waals surface area contributed by atoms with E-state index in [4.69, 9.17) is 9.47 Å². The van der Waals surface area contributed by atoms with Crippen molar-refractivity contribution in [1.82, 2.24) is 19.7 Å². The summed E-state index contributed by atoms with van der Waals surface area (Å²) in [5, 5.41) is 12.2. The van der Waals surface area contributed by atoms with Crippen LogP contribution in [0.25, 0.3) is 17.2 Å². The van der Waals surface area contributed by atoms with Gasteiger partial charge in [0.2, 0.25) is 5.91 Å². The fraction of sp³-hybridized carbons (Fsp3) is 0.167. The molecule has 0 saturated heterocycles. The molecule has 0 aliphatic carbocycles. The molecular weight excluding hydrogens is 438 g/mol. The second kappa shape index (κ2) is 9.33. The molecule has 5 rings (SSSR count). The van der Waals surface area contributed by atoms with Crippen molar-refractivity contribution >= 4 is 23.4 Å². The summed E-state index contributed by atoms with van der Waals surface area (Å²) >= 11 is 1.31. The molecule has 0 saturated carbocycles. The van der Waals surface area contributed by atoms with Crippen molar-refractivity contribution in [2.45, 2.75) is 12.1 Å². The topological polar surface area (TPSA) is 91.2 Å². The van der Waals surface area contributed by atoms with Gasteiger partial charge in [-0.15, -0.1) is 10.2 Å². The Balaban J connectivity index is 1.35. The standard InChI is InChI=1S/C24H21N5O3S/c1-16-5-8-18(9-6-16)29-23(19-4-2-3-11-25-19)27-28-24(29)33-15-22(30)26-17-7-10-20-21(14-17)32-13-12-31-20/h2-11,14H,12-13,15H2,1H3,(H,26,30). The van der Waals surface area contributed by atoms with Gasteiger partial charge in [-0.1, -0.05) is 35.5 Å². The highest BCUT2D eigenvalue weighted by atomic mass is 32.2. The lowest BCUT2D eigenvalue weighted by atomic mass is 10.2. The molecule has 166 valence electrons. The van der Waals surface area contributed by atoms with E-state index in [0.717, 1.165) is 11.3 Å². The second-order valence-corrected chi connectivity index (χ2v) is 8.33. The van der Waals surface area contributed by atoms with Crippen LogP contribution in [0.4, 0.5) is 5.69 Å². The van der Waals surface area contributed by atoms with Crippen LogP contribution in [0.2, 0.25) is 0 Å². The van der Waals surface area contributed by atoms with E-state index in [-0.39, 0.29) is 11.7 Å². The summed E-state index contributed by atoms with van der Waals surface area (Å²) in [5.74, 6) is 1.94. The van der Waals surface area contributed by atoms with E-state index in [9.17, 15) is 4.79 Å². The van der Waals surface area contributed by atoms with Gasteiger partial charge in [0.25, 0.3) is 0 Å². The third-order valence-corrected chi connectivity index (χ3v) is 5.91. The number of aryl methyl sites for hydroxylation is 1. The summed E-state index contributed by atoms with van der Waals surface area (Å²) in [6.45, 7) is 3.05. The van der Waals surface area contributed by atoms with Crippen LogP contribution in [0.15, 0.2) is 72.0 Å². The van der Waals surface area contributed by atoms with Gasteiger partial charge in [0, 0.05) is 23.6 Å². The number of benzene rings is 2. The number of hydrogen-bond acceptors (Lipinski definition) is 7. The highest BCUT2D eigenvalue weighted by Gasteiger charge is 2.18. The minimum absolute atomic E-state index is 0.158. The van der Waals surface area contributed by atoms with E-state index < -0.39 is 0 Å². The van der Waals surface area contributed by atoms with Gasteiger partial charge in [0.05, 0.1) is 5.75 Å². The van der Waals surface area contributed by atoms with Crippen molar-refractivity contribution in [2.75, 3.05) is 24.3 Å². The van der Waals surface area contributed by atoms with E-state index in [0.29, 0.717) is 47.1 Å². The predicted octanol–water partition coefficient (Wildman–Crippen LogP) is 4.14. The Morgan fingerprint density at radius 3 is 2.64 bits per heavy atom. The van der Waals surface area contributed by atoms with Crippen LogP contribution in [0.5, 0.6) is 11.5 Å². The van der Waals surface area contributed by atoms with Crippen molar-refractivity contribution < 1.29 is 14.3 Å². The molecule has 33 heavy (non-hydrogen) atoms. The molecule has 1 N–H and O–H groups in total. The molecule has 0 fully saturated rings. The molecule has 0 bridgehead atoms. The van der Waals surface area contributed by atoms with Gasteiger partial charge in [0.1, 0.15) is 18.9 Å². The Morgan fingerprint density at radius 2 is 1.85 bits per heavy atom. The first-order chi connectivity index (χ1) is 16.2. The number of carbonyl (C=O) groups excluding carboxylic acids is 1. The normalized spacial score (nSPS) is 12.4. The zero-order valence-electron chi connectivity index (χ0n) is 17.9. The van der Waals surface area contributed by atoms with Crippen molar-refractivity contribution in [3.05, 3.63) is 72.4 Å². The Kier molecular flexibility index (Phi) is 5.95. The average Bonchev–Trinajstić information content (AvgIpc) is 3.28. The molecule has 0 atom stereocenters. The van der Waals surface area contributed by atoms with Gasteiger partial charge in [-0.25, -0.2) is 0 Å². The van der Waals surface area contributed by atoms with Gasteiger partial charge < -0.3 is 14.8 Å². The molecular formula is C24H21N5O3S. The lowest BCUT2D eigenvalue weighted by molar-refractivity contribution is -0.113. The number of hydrogen-bond donors (Lipinski definition) is 1. The average molecular weight is 460 g/mol. The van der Waals surface area contributed by atoms with Crippen LogP contribution >= 0.6 is 11.8 Å². The van der Waals surface area contributed by atoms with E-state index >= 15 is 0 Å². The molecule has 8 nitrogen and oxygen atoms in total. The lowest BCUT2D eigenvalue weighted by Crippen LogP contribution is -2.17. The van der Waals surface area contributed by atoms with Crippen LogP contribution in [-0.2, 0) is 4.79 Å². The van der Waals surface area contributed by atoms with Gasteiger partial charge in [-0.05, 0) is 43.3 Å². The SMILES string of the molecule is Cc1ccc(-n2c(SCC(=O)Nc3ccc4c(c3)OCCO4)nnc2-c2ccccn2)cc1. The van der Waals surface area contributed by atoms with Gasteiger partial charge in [-0.2, -0.15) is 0 Å². The monoisotopic (exact) mass is 459 g/mol. The summed E-state index contributed by atoms with van der Waals surface area (Å²) in [7, 11) is 0. The molecule has 3 heterocycles. The van der Waals surface area contributed by atoms with Crippen LogP contribution in [-0.4, -0.2) is 44.6 Å². The largest absolute Gasteiger partial charge is 0.486 e. The lowest BCUT2D eigenvalue weighted by Gasteiger charge is -2.19. The van der Waals surface area contributed by atoms with Crippen LogP contribution in [0, 0.1) is 6.92 Å². The van der Waals surface area contributed by atoms with Crippen LogP contribution in [0.1, 0.15) is 5.56 Å². The number of nitrogens with zero attached hydrogens (tertiary/aromatic N) is 4. The number of fused-ring (bicyclic) bond motifs is 1. The number of aromatic nitrogens is 4. The first-order valence-electron chi connectivity index (χ1n) is 10.4. The molecule has 9 heteroatoms. The Morgan fingerprint density at radius 1 is 1.03 bits per heavy atom. The minimum Gasteiger partial charge on any atom is -0.486 e. The molecule has 0 unspecified atom stereocenters. The summed E-state index contributed by atoms with van der Waals surface area (Å²) in [5.41, 5.74) is 3.41. The Labute approximate surface area is 195 Å². The maximum Gasteiger partial charge on any atom is 0.234 e. The third kappa shape index (κ3) is 4.68. The number of nitrogens with one attached hydrogen (secondary N) is 1. The van der Waals surface area contributed by atoms with Crippen molar-refractivity contribution in [1.29, 1.82) is 0 Å². The van der Waals surface area contributed by atoms with E-state index in [1.807, 2.05) is 54.0 Å². The van der Waals surface area contributed by atoms with E-state index in [1.54, 1.807) is 24.4 Å². The fourth-order valence-electron chi connectivity index (χ4n) is 3.40. The molecule has 2 aromatic carbocycles. The van der Waals surface area contributed by atoms with Crippen LogP contribution < -0.4 is 14.8 Å². The molecule has 0 spiro atoms. The first kappa shape index (κ1) is 21.0. The Hall–Kier alpha value is -3.85. The highest BCUT2D eigenvalue weighted by Crippen LogP contribution is 2.33. The first-order valence-corrected chi connectivity index (χ1v) is 11.4. The Bertz CT molecular complexity index is 1280. The number of anilines is 1.